The van der Waals surface area contributed by atoms with Gasteiger partial charge in [-0.2, -0.15) is 0 Å². The van der Waals surface area contributed by atoms with E-state index in [1.165, 1.54) is 47.9 Å². The van der Waals surface area contributed by atoms with Crippen molar-refractivity contribution in [3.8, 4) is 11.1 Å². The van der Waals surface area contributed by atoms with Gasteiger partial charge in [-0.1, -0.05) is 74.4 Å². The lowest BCUT2D eigenvalue weighted by atomic mass is 9.79. The van der Waals surface area contributed by atoms with E-state index in [1.54, 1.807) is 0 Å². The molecule has 0 heteroatoms. The van der Waals surface area contributed by atoms with Crippen LogP contribution in [0, 0.1) is 5.92 Å². The summed E-state index contributed by atoms with van der Waals surface area (Å²) >= 11 is 0. The van der Waals surface area contributed by atoms with Gasteiger partial charge in [0.1, 0.15) is 0 Å². The number of benzene rings is 2. The second-order valence-corrected chi connectivity index (χ2v) is 6.77. The molecule has 1 aliphatic carbocycles. The van der Waals surface area contributed by atoms with E-state index in [2.05, 4.69) is 62.0 Å². The first kappa shape index (κ1) is 15.1. The quantitative estimate of drug-likeness (QED) is 0.573. The first-order chi connectivity index (χ1) is 10.8. The lowest BCUT2D eigenvalue weighted by Crippen LogP contribution is -2.10. The van der Waals surface area contributed by atoms with Crippen LogP contribution < -0.4 is 0 Å². The van der Waals surface area contributed by atoms with Gasteiger partial charge < -0.3 is 0 Å². The summed E-state index contributed by atoms with van der Waals surface area (Å²) < 4.78 is 0. The summed E-state index contributed by atoms with van der Waals surface area (Å²) in [4.78, 5) is 0. The Bertz CT molecular complexity index is 595. The van der Waals surface area contributed by atoms with Gasteiger partial charge in [0.15, 0.2) is 0 Å². The molecule has 0 nitrogen and oxygen atoms in total. The van der Waals surface area contributed by atoms with Gasteiger partial charge in [-0.25, -0.2) is 0 Å². The van der Waals surface area contributed by atoms with Gasteiger partial charge in [0.05, 0.1) is 0 Å². The van der Waals surface area contributed by atoms with Crippen molar-refractivity contribution in [2.45, 2.75) is 44.9 Å². The SMILES string of the molecule is C=CCc1ccc(-c2ccc(C3CCC(C)CC3)cc2)cc1. The van der Waals surface area contributed by atoms with Gasteiger partial charge in [-0.15, -0.1) is 6.58 Å². The molecule has 0 aromatic heterocycles. The average molecular weight is 290 g/mol. The standard InChI is InChI=1S/C22H26/c1-3-4-18-7-11-20(12-8-18)22-15-13-21(14-16-22)19-9-5-17(2)6-10-19/h3,7-8,11-17,19H,1,4-6,9-10H2,2H3. The van der Waals surface area contributed by atoms with E-state index in [1.807, 2.05) is 6.08 Å². The number of hydrogen-bond donors (Lipinski definition) is 0. The summed E-state index contributed by atoms with van der Waals surface area (Å²) in [6.07, 6.45) is 8.38. The van der Waals surface area contributed by atoms with Crippen LogP contribution in [0.4, 0.5) is 0 Å². The largest absolute Gasteiger partial charge is 0.103 e. The highest BCUT2D eigenvalue weighted by Gasteiger charge is 2.19. The summed E-state index contributed by atoms with van der Waals surface area (Å²) in [5.74, 6) is 1.70. The molecule has 1 aliphatic rings. The lowest BCUT2D eigenvalue weighted by Gasteiger charge is -2.26. The summed E-state index contributed by atoms with van der Waals surface area (Å²) in [7, 11) is 0. The summed E-state index contributed by atoms with van der Waals surface area (Å²) in [5, 5.41) is 0. The van der Waals surface area contributed by atoms with E-state index >= 15 is 0 Å². The fraction of sp³-hybridized carbons (Fsp3) is 0.364. The molecule has 1 saturated carbocycles. The minimum Gasteiger partial charge on any atom is -0.103 e. The van der Waals surface area contributed by atoms with Crippen molar-refractivity contribution in [3.05, 3.63) is 72.3 Å². The molecular formula is C22H26. The summed E-state index contributed by atoms with van der Waals surface area (Å²) in [6, 6.07) is 18.1. The molecule has 0 amide bonds. The molecule has 2 aromatic rings. The van der Waals surface area contributed by atoms with Crippen molar-refractivity contribution in [1.29, 1.82) is 0 Å². The van der Waals surface area contributed by atoms with Crippen molar-refractivity contribution in [2.75, 3.05) is 0 Å². The minimum atomic E-state index is 0.778. The first-order valence-corrected chi connectivity index (χ1v) is 8.56. The Hall–Kier alpha value is -1.82. The maximum Gasteiger partial charge on any atom is -0.0100 e. The molecule has 3 rings (SSSR count). The Morgan fingerprint density at radius 1 is 0.864 bits per heavy atom. The lowest BCUT2D eigenvalue weighted by molar-refractivity contribution is 0.348. The second-order valence-electron chi connectivity index (χ2n) is 6.77. The van der Waals surface area contributed by atoms with E-state index in [0.29, 0.717) is 0 Å². The average Bonchev–Trinajstić information content (AvgIpc) is 2.57. The maximum atomic E-state index is 3.80. The fourth-order valence-corrected chi connectivity index (χ4v) is 3.54. The fourth-order valence-electron chi connectivity index (χ4n) is 3.54. The van der Waals surface area contributed by atoms with E-state index in [-0.39, 0.29) is 0 Å². The van der Waals surface area contributed by atoms with Crippen LogP contribution in [0.1, 0.15) is 49.7 Å². The number of allylic oxidation sites excluding steroid dienone is 1. The summed E-state index contributed by atoms with van der Waals surface area (Å²) in [6.45, 7) is 6.18. The van der Waals surface area contributed by atoms with Gasteiger partial charge in [-0.05, 0) is 53.4 Å². The minimum absolute atomic E-state index is 0.778. The van der Waals surface area contributed by atoms with E-state index in [4.69, 9.17) is 0 Å². The molecule has 2 aromatic carbocycles. The molecule has 0 unspecified atom stereocenters. The van der Waals surface area contributed by atoms with Crippen LogP contribution in [0.3, 0.4) is 0 Å². The van der Waals surface area contributed by atoms with E-state index in [9.17, 15) is 0 Å². The normalized spacial score (nSPS) is 21.5. The Labute approximate surface area is 134 Å². The summed E-state index contributed by atoms with van der Waals surface area (Å²) in [5.41, 5.74) is 5.47. The van der Waals surface area contributed by atoms with Gasteiger partial charge >= 0.3 is 0 Å². The highest BCUT2D eigenvalue weighted by Crippen LogP contribution is 2.36. The zero-order chi connectivity index (χ0) is 15.4. The van der Waals surface area contributed by atoms with E-state index in [0.717, 1.165) is 18.3 Å². The number of rotatable bonds is 4. The Morgan fingerprint density at radius 3 is 1.95 bits per heavy atom. The van der Waals surface area contributed by atoms with Gasteiger partial charge in [0, 0.05) is 0 Å². The van der Waals surface area contributed by atoms with Crippen LogP contribution in [0.15, 0.2) is 61.2 Å². The molecule has 0 atom stereocenters. The monoisotopic (exact) mass is 290 g/mol. The number of hydrogen-bond acceptors (Lipinski definition) is 0. The molecule has 114 valence electrons. The molecule has 0 N–H and O–H groups in total. The van der Waals surface area contributed by atoms with Crippen molar-refractivity contribution in [1.82, 2.24) is 0 Å². The third-order valence-electron chi connectivity index (χ3n) is 5.07. The highest BCUT2D eigenvalue weighted by atomic mass is 14.2. The Kier molecular flexibility index (Phi) is 4.77. The van der Waals surface area contributed by atoms with Crippen molar-refractivity contribution in [3.63, 3.8) is 0 Å². The highest BCUT2D eigenvalue weighted by molar-refractivity contribution is 5.64. The molecule has 0 radical (unpaired) electrons. The zero-order valence-electron chi connectivity index (χ0n) is 13.6. The van der Waals surface area contributed by atoms with Gasteiger partial charge in [0.25, 0.3) is 0 Å². The van der Waals surface area contributed by atoms with Crippen LogP contribution in [0.2, 0.25) is 0 Å². The van der Waals surface area contributed by atoms with Crippen LogP contribution in [0.5, 0.6) is 0 Å². The van der Waals surface area contributed by atoms with Crippen molar-refractivity contribution < 1.29 is 0 Å². The molecule has 0 heterocycles. The predicted octanol–water partition coefficient (Wildman–Crippen LogP) is 6.38. The Balaban J connectivity index is 1.72. The van der Waals surface area contributed by atoms with E-state index < -0.39 is 0 Å². The molecule has 1 fully saturated rings. The van der Waals surface area contributed by atoms with Crippen molar-refractivity contribution >= 4 is 0 Å². The maximum absolute atomic E-state index is 3.80. The Morgan fingerprint density at radius 2 is 1.41 bits per heavy atom. The molecule has 0 bridgehead atoms. The third kappa shape index (κ3) is 3.50. The molecule has 0 saturated heterocycles. The smallest absolute Gasteiger partial charge is 0.0100 e. The zero-order valence-corrected chi connectivity index (χ0v) is 13.6. The third-order valence-corrected chi connectivity index (χ3v) is 5.07. The van der Waals surface area contributed by atoms with Crippen LogP contribution in [-0.2, 0) is 6.42 Å². The van der Waals surface area contributed by atoms with Crippen LogP contribution >= 0.6 is 0 Å². The molecule has 0 spiro atoms. The second kappa shape index (κ2) is 6.96. The first-order valence-electron chi connectivity index (χ1n) is 8.56. The molecule has 0 aliphatic heterocycles. The van der Waals surface area contributed by atoms with Crippen LogP contribution in [-0.4, -0.2) is 0 Å². The van der Waals surface area contributed by atoms with Gasteiger partial charge in [-0.3, -0.25) is 0 Å². The van der Waals surface area contributed by atoms with Crippen molar-refractivity contribution in [2.24, 2.45) is 5.92 Å². The topological polar surface area (TPSA) is 0 Å². The molecular weight excluding hydrogens is 264 g/mol. The predicted molar refractivity (Wildman–Crippen MR) is 96.2 cm³/mol. The van der Waals surface area contributed by atoms with Crippen LogP contribution in [0.25, 0.3) is 11.1 Å². The van der Waals surface area contributed by atoms with Gasteiger partial charge in [0.2, 0.25) is 0 Å². The molecule has 22 heavy (non-hydrogen) atoms.